The van der Waals surface area contributed by atoms with Gasteiger partial charge in [0.2, 0.25) is 5.91 Å². The summed E-state index contributed by atoms with van der Waals surface area (Å²) in [6, 6.07) is 7.58. The van der Waals surface area contributed by atoms with E-state index in [4.69, 9.17) is 9.47 Å². The number of benzene rings is 1. The third-order valence-electron chi connectivity index (χ3n) is 2.06. The van der Waals surface area contributed by atoms with Crippen molar-refractivity contribution >= 4 is 5.91 Å². The van der Waals surface area contributed by atoms with Gasteiger partial charge in [0, 0.05) is 13.2 Å². The normalized spacial score (nSPS) is 9.88. The molecule has 1 rings (SSSR count). The molecule has 88 valence electrons. The lowest BCUT2D eigenvalue weighted by Gasteiger charge is -2.06. The van der Waals surface area contributed by atoms with E-state index in [1.807, 2.05) is 31.2 Å². The highest BCUT2D eigenvalue weighted by molar-refractivity contribution is 5.77. The van der Waals surface area contributed by atoms with Crippen molar-refractivity contribution in [1.29, 1.82) is 0 Å². The van der Waals surface area contributed by atoms with Crippen LogP contribution in [-0.4, -0.2) is 26.2 Å². The van der Waals surface area contributed by atoms with Crippen molar-refractivity contribution in [3.63, 3.8) is 0 Å². The Hall–Kier alpha value is -1.55. The summed E-state index contributed by atoms with van der Waals surface area (Å²) in [4.78, 5) is 11.3. The fourth-order valence-corrected chi connectivity index (χ4v) is 1.23. The van der Waals surface area contributed by atoms with Crippen LogP contribution in [0.15, 0.2) is 24.3 Å². The Kier molecular flexibility index (Phi) is 5.36. The number of hydrogen-bond acceptors (Lipinski definition) is 3. The van der Waals surface area contributed by atoms with Crippen molar-refractivity contribution in [3.05, 3.63) is 29.8 Å². The highest BCUT2D eigenvalue weighted by atomic mass is 16.5. The van der Waals surface area contributed by atoms with Crippen LogP contribution in [0.5, 0.6) is 5.75 Å². The van der Waals surface area contributed by atoms with Gasteiger partial charge in [-0.3, -0.25) is 4.79 Å². The lowest BCUT2D eigenvalue weighted by Crippen LogP contribution is -2.27. The van der Waals surface area contributed by atoms with Crippen LogP contribution in [0.25, 0.3) is 0 Å². The molecule has 0 fully saturated rings. The second-order valence-corrected chi connectivity index (χ2v) is 3.27. The van der Waals surface area contributed by atoms with Gasteiger partial charge < -0.3 is 14.8 Å². The van der Waals surface area contributed by atoms with Crippen molar-refractivity contribution < 1.29 is 14.3 Å². The largest absolute Gasteiger partial charge is 0.497 e. The molecule has 1 aromatic rings. The molecule has 0 bridgehead atoms. The zero-order valence-electron chi connectivity index (χ0n) is 9.66. The quantitative estimate of drug-likeness (QED) is 0.791. The van der Waals surface area contributed by atoms with Crippen LogP contribution < -0.4 is 10.1 Å². The zero-order valence-corrected chi connectivity index (χ0v) is 9.66. The number of hydrogen-bond donors (Lipinski definition) is 1. The first-order valence-electron chi connectivity index (χ1n) is 5.23. The Labute approximate surface area is 95.6 Å². The number of carbonyl (C=O) groups excluding carboxylic acids is 1. The average Bonchev–Trinajstić information content (AvgIpc) is 2.34. The molecule has 0 aliphatic heterocycles. The molecule has 0 aliphatic rings. The molecule has 4 nitrogen and oxygen atoms in total. The fourth-order valence-electron chi connectivity index (χ4n) is 1.23. The molecular formula is C12H17NO3. The van der Waals surface area contributed by atoms with Crippen LogP contribution in [-0.2, 0) is 16.1 Å². The first-order chi connectivity index (χ1) is 7.76. The van der Waals surface area contributed by atoms with Gasteiger partial charge in [0.15, 0.2) is 0 Å². The summed E-state index contributed by atoms with van der Waals surface area (Å²) in [6.45, 7) is 3.01. The Morgan fingerprint density at radius 3 is 2.94 bits per heavy atom. The predicted molar refractivity (Wildman–Crippen MR) is 61.3 cm³/mol. The van der Waals surface area contributed by atoms with E-state index in [1.165, 1.54) is 0 Å². The molecule has 0 spiro atoms. The highest BCUT2D eigenvalue weighted by Gasteiger charge is 2.01. The molecule has 0 radical (unpaired) electrons. The van der Waals surface area contributed by atoms with Gasteiger partial charge in [-0.2, -0.15) is 0 Å². The van der Waals surface area contributed by atoms with Gasteiger partial charge >= 0.3 is 0 Å². The monoisotopic (exact) mass is 223 g/mol. The summed E-state index contributed by atoms with van der Waals surface area (Å²) in [6.07, 6.45) is 0. The smallest absolute Gasteiger partial charge is 0.246 e. The van der Waals surface area contributed by atoms with Gasteiger partial charge in [0.05, 0.1) is 7.11 Å². The molecule has 1 aromatic carbocycles. The van der Waals surface area contributed by atoms with Gasteiger partial charge in [-0.15, -0.1) is 0 Å². The summed E-state index contributed by atoms with van der Waals surface area (Å²) in [5.74, 6) is 0.682. The van der Waals surface area contributed by atoms with E-state index in [1.54, 1.807) is 7.11 Å². The summed E-state index contributed by atoms with van der Waals surface area (Å²) >= 11 is 0. The average molecular weight is 223 g/mol. The van der Waals surface area contributed by atoms with Crippen LogP contribution in [0.4, 0.5) is 0 Å². The maximum atomic E-state index is 11.3. The fraction of sp³-hybridized carbons (Fsp3) is 0.417. The zero-order chi connectivity index (χ0) is 11.8. The van der Waals surface area contributed by atoms with E-state index in [0.29, 0.717) is 13.2 Å². The van der Waals surface area contributed by atoms with E-state index in [2.05, 4.69) is 5.32 Å². The van der Waals surface area contributed by atoms with Gasteiger partial charge in [0.25, 0.3) is 0 Å². The van der Waals surface area contributed by atoms with Crippen molar-refractivity contribution in [1.82, 2.24) is 5.32 Å². The number of carbonyl (C=O) groups is 1. The van der Waals surface area contributed by atoms with Crippen LogP contribution >= 0.6 is 0 Å². The number of methoxy groups -OCH3 is 1. The van der Waals surface area contributed by atoms with Crippen LogP contribution in [0.2, 0.25) is 0 Å². The van der Waals surface area contributed by atoms with Gasteiger partial charge in [0.1, 0.15) is 12.4 Å². The Balaban J connectivity index is 2.38. The van der Waals surface area contributed by atoms with Gasteiger partial charge in [-0.25, -0.2) is 0 Å². The third kappa shape index (κ3) is 4.31. The summed E-state index contributed by atoms with van der Waals surface area (Å²) < 4.78 is 10.1. The minimum absolute atomic E-state index is 0.107. The number of rotatable bonds is 6. The number of amides is 1. The van der Waals surface area contributed by atoms with Crippen LogP contribution in [0.1, 0.15) is 12.5 Å². The standard InChI is InChI=1S/C12H17NO3/c1-3-16-9-12(14)13-8-10-5-4-6-11(7-10)15-2/h4-7H,3,8-9H2,1-2H3,(H,13,14). The molecule has 1 N–H and O–H groups in total. The molecule has 0 unspecified atom stereocenters. The third-order valence-corrected chi connectivity index (χ3v) is 2.06. The van der Waals surface area contributed by atoms with E-state index in [-0.39, 0.29) is 12.5 Å². The van der Waals surface area contributed by atoms with E-state index in [0.717, 1.165) is 11.3 Å². The van der Waals surface area contributed by atoms with Crippen molar-refractivity contribution in [3.8, 4) is 5.75 Å². The lowest BCUT2D eigenvalue weighted by molar-refractivity contribution is -0.125. The van der Waals surface area contributed by atoms with E-state index >= 15 is 0 Å². The van der Waals surface area contributed by atoms with Crippen LogP contribution in [0.3, 0.4) is 0 Å². The summed E-state index contributed by atoms with van der Waals surface area (Å²) in [5.41, 5.74) is 1.00. The Morgan fingerprint density at radius 2 is 2.25 bits per heavy atom. The molecule has 0 aromatic heterocycles. The molecule has 0 atom stereocenters. The summed E-state index contributed by atoms with van der Waals surface area (Å²) in [7, 11) is 1.62. The van der Waals surface area contributed by atoms with Gasteiger partial charge in [-0.1, -0.05) is 12.1 Å². The first kappa shape index (κ1) is 12.5. The Morgan fingerprint density at radius 1 is 1.44 bits per heavy atom. The van der Waals surface area contributed by atoms with Crippen molar-refractivity contribution in [2.24, 2.45) is 0 Å². The molecule has 1 amide bonds. The number of ether oxygens (including phenoxy) is 2. The topological polar surface area (TPSA) is 47.6 Å². The molecule has 16 heavy (non-hydrogen) atoms. The molecule has 0 saturated heterocycles. The van der Waals surface area contributed by atoms with Crippen molar-refractivity contribution in [2.45, 2.75) is 13.5 Å². The summed E-state index contributed by atoms with van der Waals surface area (Å²) in [5, 5.41) is 2.77. The molecule has 0 saturated carbocycles. The van der Waals surface area contributed by atoms with Gasteiger partial charge in [-0.05, 0) is 24.6 Å². The number of nitrogens with one attached hydrogen (secondary N) is 1. The second-order valence-electron chi connectivity index (χ2n) is 3.27. The molecular weight excluding hydrogens is 206 g/mol. The Bertz CT molecular complexity index is 339. The first-order valence-corrected chi connectivity index (χ1v) is 5.23. The molecule has 0 heterocycles. The SMILES string of the molecule is CCOCC(=O)NCc1cccc(OC)c1. The minimum Gasteiger partial charge on any atom is -0.497 e. The maximum absolute atomic E-state index is 11.3. The predicted octanol–water partition coefficient (Wildman–Crippen LogP) is 1.35. The molecule has 4 heteroatoms. The van der Waals surface area contributed by atoms with Crippen molar-refractivity contribution in [2.75, 3.05) is 20.3 Å². The lowest BCUT2D eigenvalue weighted by atomic mass is 10.2. The minimum atomic E-state index is -0.107. The highest BCUT2D eigenvalue weighted by Crippen LogP contribution is 2.11. The molecule has 0 aliphatic carbocycles. The second kappa shape index (κ2) is 6.85. The van der Waals surface area contributed by atoms with Crippen LogP contribution in [0, 0.1) is 0 Å². The maximum Gasteiger partial charge on any atom is 0.246 e. The van der Waals surface area contributed by atoms with E-state index in [9.17, 15) is 4.79 Å². The van der Waals surface area contributed by atoms with E-state index < -0.39 is 0 Å².